The SMILES string of the molecule is c1ccc2c(c1)ccc1ccc3cccc(N(c4ccc5c(c4)sc4ccccc45)c4ccc5c(c4)sc4ccccc45)c3c12. The molecule has 0 fully saturated rings. The summed E-state index contributed by atoms with van der Waals surface area (Å²) in [7, 11) is 0. The van der Waals surface area contributed by atoms with Crippen LogP contribution in [-0.2, 0) is 0 Å². The molecule has 0 N–H and O–H groups in total. The topological polar surface area (TPSA) is 3.24 Å². The largest absolute Gasteiger partial charge is 0.310 e. The number of nitrogens with zero attached hydrogens (tertiary/aromatic N) is 1. The van der Waals surface area contributed by atoms with Crippen molar-refractivity contribution < 1.29 is 0 Å². The Morgan fingerprint density at radius 1 is 0.333 bits per heavy atom. The van der Waals surface area contributed by atoms with Crippen LogP contribution >= 0.6 is 22.7 Å². The third kappa shape index (κ3) is 3.78. The molecular weight excluding hydrogens is 583 g/mol. The molecule has 0 unspecified atom stereocenters. The van der Waals surface area contributed by atoms with Gasteiger partial charge in [-0.05, 0) is 69.4 Å². The molecule has 0 atom stereocenters. The van der Waals surface area contributed by atoms with E-state index in [2.05, 4.69) is 157 Å². The van der Waals surface area contributed by atoms with Crippen molar-refractivity contribution in [2.45, 2.75) is 0 Å². The van der Waals surface area contributed by atoms with Gasteiger partial charge >= 0.3 is 0 Å². The van der Waals surface area contributed by atoms with Crippen LogP contribution in [-0.4, -0.2) is 0 Å². The van der Waals surface area contributed by atoms with E-state index in [0.717, 1.165) is 0 Å². The fourth-order valence-electron chi connectivity index (χ4n) is 7.18. The van der Waals surface area contributed by atoms with Gasteiger partial charge in [0.1, 0.15) is 0 Å². The van der Waals surface area contributed by atoms with Crippen molar-refractivity contribution in [2.24, 2.45) is 0 Å². The maximum atomic E-state index is 2.48. The van der Waals surface area contributed by atoms with Gasteiger partial charge < -0.3 is 4.90 Å². The van der Waals surface area contributed by atoms with Crippen LogP contribution in [0.15, 0.2) is 152 Å². The molecule has 2 heterocycles. The first kappa shape index (κ1) is 25.1. The van der Waals surface area contributed by atoms with E-state index in [1.165, 1.54) is 89.7 Å². The van der Waals surface area contributed by atoms with Gasteiger partial charge in [-0.25, -0.2) is 0 Å². The Labute approximate surface area is 267 Å². The molecule has 2 aromatic heterocycles. The predicted octanol–water partition coefficient (Wildman–Crippen LogP) is 13.4. The molecule has 1 nitrogen and oxygen atoms in total. The molecule has 10 aromatic rings. The molecule has 10 rings (SSSR count). The molecule has 0 radical (unpaired) electrons. The van der Waals surface area contributed by atoms with Crippen molar-refractivity contribution in [3.05, 3.63) is 152 Å². The second-order valence-electron chi connectivity index (χ2n) is 11.7. The molecule has 0 aliphatic rings. The normalized spacial score (nSPS) is 12.0. The fourth-order valence-corrected chi connectivity index (χ4v) is 9.45. The third-order valence-corrected chi connectivity index (χ3v) is 11.5. The van der Waals surface area contributed by atoms with Gasteiger partial charge in [-0.1, -0.05) is 109 Å². The van der Waals surface area contributed by atoms with Crippen molar-refractivity contribution in [3.63, 3.8) is 0 Å². The highest BCUT2D eigenvalue weighted by Gasteiger charge is 2.20. The van der Waals surface area contributed by atoms with Crippen LogP contribution in [0.2, 0.25) is 0 Å². The monoisotopic (exact) mass is 607 g/mol. The zero-order valence-electron chi connectivity index (χ0n) is 24.2. The molecule has 45 heavy (non-hydrogen) atoms. The predicted molar refractivity (Wildman–Crippen MR) is 199 cm³/mol. The summed E-state index contributed by atoms with van der Waals surface area (Å²) in [5.41, 5.74) is 3.52. The van der Waals surface area contributed by atoms with Crippen LogP contribution in [0.1, 0.15) is 0 Å². The Balaban J connectivity index is 1.31. The summed E-state index contributed by atoms with van der Waals surface area (Å²) in [6, 6.07) is 56.1. The maximum absolute atomic E-state index is 2.48. The molecule has 0 amide bonds. The van der Waals surface area contributed by atoms with E-state index >= 15 is 0 Å². The Morgan fingerprint density at radius 2 is 0.822 bits per heavy atom. The second kappa shape index (κ2) is 9.64. The summed E-state index contributed by atoms with van der Waals surface area (Å²) < 4.78 is 5.26. The Kier molecular flexibility index (Phi) is 5.39. The van der Waals surface area contributed by atoms with Crippen molar-refractivity contribution in [3.8, 4) is 0 Å². The van der Waals surface area contributed by atoms with Crippen molar-refractivity contribution in [1.82, 2.24) is 0 Å². The fraction of sp³-hybridized carbons (Fsp3) is 0. The van der Waals surface area contributed by atoms with Gasteiger partial charge in [-0.3, -0.25) is 0 Å². The number of hydrogen-bond acceptors (Lipinski definition) is 3. The molecule has 0 aliphatic carbocycles. The highest BCUT2D eigenvalue weighted by molar-refractivity contribution is 7.26. The number of hydrogen-bond donors (Lipinski definition) is 0. The Morgan fingerprint density at radius 3 is 1.47 bits per heavy atom. The number of anilines is 3. The lowest BCUT2D eigenvalue weighted by atomic mass is 9.94. The van der Waals surface area contributed by atoms with Crippen LogP contribution in [0.3, 0.4) is 0 Å². The summed E-state index contributed by atoms with van der Waals surface area (Å²) in [5, 5.41) is 12.9. The van der Waals surface area contributed by atoms with Gasteiger partial charge in [-0.2, -0.15) is 0 Å². The molecular formula is C42H25NS2. The maximum Gasteiger partial charge on any atom is 0.0546 e. The molecule has 0 aliphatic heterocycles. The van der Waals surface area contributed by atoms with E-state index in [4.69, 9.17) is 0 Å². The van der Waals surface area contributed by atoms with Gasteiger partial charge in [0.2, 0.25) is 0 Å². The Hall–Kier alpha value is -5.22. The van der Waals surface area contributed by atoms with Gasteiger partial charge in [0.15, 0.2) is 0 Å². The first-order valence-corrected chi connectivity index (χ1v) is 16.9. The van der Waals surface area contributed by atoms with Gasteiger partial charge in [0, 0.05) is 57.1 Å². The third-order valence-electron chi connectivity index (χ3n) is 9.21. The lowest BCUT2D eigenvalue weighted by Gasteiger charge is -2.28. The zero-order valence-corrected chi connectivity index (χ0v) is 25.8. The number of fused-ring (bicyclic) bond motifs is 11. The van der Waals surface area contributed by atoms with Crippen LogP contribution in [0, 0.1) is 0 Å². The molecule has 0 saturated carbocycles. The van der Waals surface area contributed by atoms with Gasteiger partial charge in [0.05, 0.1) is 5.69 Å². The minimum atomic E-state index is 1.17. The van der Waals surface area contributed by atoms with E-state index in [0.29, 0.717) is 0 Å². The van der Waals surface area contributed by atoms with Gasteiger partial charge in [0.25, 0.3) is 0 Å². The van der Waals surface area contributed by atoms with Gasteiger partial charge in [-0.15, -0.1) is 22.7 Å². The number of benzene rings is 8. The highest BCUT2D eigenvalue weighted by atomic mass is 32.1. The van der Waals surface area contributed by atoms with Crippen molar-refractivity contribution >= 4 is 112 Å². The highest BCUT2D eigenvalue weighted by Crippen LogP contribution is 2.46. The number of rotatable bonds is 3. The zero-order chi connectivity index (χ0) is 29.5. The van der Waals surface area contributed by atoms with Crippen LogP contribution in [0.5, 0.6) is 0 Å². The molecule has 0 spiro atoms. The molecule has 210 valence electrons. The minimum absolute atomic E-state index is 1.17. The summed E-state index contributed by atoms with van der Waals surface area (Å²) in [6.07, 6.45) is 0. The van der Waals surface area contributed by atoms with E-state index in [9.17, 15) is 0 Å². The number of thiophene rings is 2. The lowest BCUT2D eigenvalue weighted by molar-refractivity contribution is 1.31. The van der Waals surface area contributed by atoms with Crippen LogP contribution in [0.25, 0.3) is 72.7 Å². The van der Waals surface area contributed by atoms with Crippen molar-refractivity contribution in [1.29, 1.82) is 0 Å². The standard InChI is InChI=1S/C42H25NS2/c1-2-10-31-26(8-1)16-17-28-19-18-27-9-7-13-36(42(27)41(28)31)43(29-20-22-34-32-11-3-5-14-37(32)44-39(34)24-29)30-21-23-35-33-12-4-6-15-38(33)45-40(35)25-30/h1-25H. The van der Waals surface area contributed by atoms with Crippen LogP contribution < -0.4 is 4.90 Å². The van der Waals surface area contributed by atoms with E-state index < -0.39 is 0 Å². The summed E-state index contributed by atoms with van der Waals surface area (Å²) >= 11 is 3.75. The molecule has 0 saturated heterocycles. The average molecular weight is 608 g/mol. The first-order chi connectivity index (χ1) is 22.3. The van der Waals surface area contributed by atoms with Crippen LogP contribution in [0.4, 0.5) is 17.1 Å². The Bertz CT molecular complexity index is 2660. The molecule has 8 aromatic carbocycles. The smallest absolute Gasteiger partial charge is 0.0546 e. The summed E-state index contributed by atoms with van der Waals surface area (Å²) in [4.78, 5) is 2.48. The molecule has 3 heteroatoms. The summed E-state index contributed by atoms with van der Waals surface area (Å²) in [6.45, 7) is 0. The second-order valence-corrected chi connectivity index (χ2v) is 13.9. The summed E-state index contributed by atoms with van der Waals surface area (Å²) in [5.74, 6) is 0. The first-order valence-electron chi connectivity index (χ1n) is 15.3. The average Bonchev–Trinajstić information content (AvgIpc) is 3.65. The lowest BCUT2D eigenvalue weighted by Crippen LogP contribution is -2.10. The quantitative estimate of drug-likeness (QED) is 0.181. The minimum Gasteiger partial charge on any atom is -0.310 e. The molecule has 0 bridgehead atoms. The van der Waals surface area contributed by atoms with E-state index in [1.807, 2.05) is 22.7 Å². The van der Waals surface area contributed by atoms with E-state index in [-0.39, 0.29) is 0 Å². The van der Waals surface area contributed by atoms with E-state index in [1.54, 1.807) is 0 Å². The van der Waals surface area contributed by atoms with Crippen molar-refractivity contribution in [2.75, 3.05) is 4.90 Å².